The largest absolute Gasteiger partial charge is 0.378 e. The minimum absolute atomic E-state index is 0.211. The number of rotatable bonds is 4. The van der Waals surface area contributed by atoms with E-state index in [-0.39, 0.29) is 5.91 Å². The lowest BCUT2D eigenvalue weighted by Crippen LogP contribution is -2.17. The zero-order valence-electron chi connectivity index (χ0n) is 10.8. The summed E-state index contributed by atoms with van der Waals surface area (Å²) in [5.74, 6) is -0.211. The average Bonchev–Trinajstić information content (AvgIpc) is 2.92. The molecular weight excluding hydrogens is 258 g/mol. The van der Waals surface area contributed by atoms with Crippen molar-refractivity contribution >= 4 is 29.1 Å². The van der Waals surface area contributed by atoms with E-state index < -0.39 is 0 Å². The van der Waals surface area contributed by atoms with E-state index in [1.807, 2.05) is 48.0 Å². The van der Waals surface area contributed by atoms with Crippen LogP contribution in [0.1, 0.15) is 15.9 Å². The van der Waals surface area contributed by atoms with Crippen molar-refractivity contribution in [2.75, 3.05) is 19.0 Å². The first kappa shape index (κ1) is 13.3. The highest BCUT2D eigenvalue weighted by atomic mass is 32.1. The second-order valence-corrected chi connectivity index (χ2v) is 4.98. The first-order valence-electron chi connectivity index (χ1n) is 5.80. The number of hydrogen-bond acceptors (Lipinski definition) is 4. The molecule has 1 heterocycles. The fourth-order valence-electron chi connectivity index (χ4n) is 1.49. The third-order valence-electron chi connectivity index (χ3n) is 2.57. The molecule has 0 fully saturated rings. The van der Waals surface area contributed by atoms with Crippen LogP contribution in [0.15, 0.2) is 46.2 Å². The van der Waals surface area contributed by atoms with Crippen LogP contribution in [0.4, 0.5) is 5.69 Å². The standard InChI is InChI=1S/C14H15N3OS/c1-17(2)13-5-3-12(4-6-13)14(18)16-15-9-11-7-8-19-10-11/h3-10H,1-2H3,(H,16,18). The first-order chi connectivity index (χ1) is 9.16. The van der Waals surface area contributed by atoms with Crippen molar-refractivity contribution < 1.29 is 4.79 Å². The van der Waals surface area contributed by atoms with E-state index in [4.69, 9.17) is 0 Å². The molecule has 1 aromatic carbocycles. The minimum Gasteiger partial charge on any atom is -0.378 e. The van der Waals surface area contributed by atoms with E-state index in [1.54, 1.807) is 29.7 Å². The Bertz CT molecular complexity index is 559. The van der Waals surface area contributed by atoms with Crippen LogP contribution in [0, 0.1) is 0 Å². The van der Waals surface area contributed by atoms with Crippen molar-refractivity contribution in [1.82, 2.24) is 5.43 Å². The molecule has 1 amide bonds. The fourth-order valence-corrected chi connectivity index (χ4v) is 2.10. The third kappa shape index (κ3) is 3.66. The van der Waals surface area contributed by atoms with Gasteiger partial charge < -0.3 is 4.90 Å². The van der Waals surface area contributed by atoms with Gasteiger partial charge in [0.1, 0.15) is 0 Å². The van der Waals surface area contributed by atoms with E-state index in [0.29, 0.717) is 5.56 Å². The number of carbonyl (C=O) groups excluding carboxylic acids is 1. The van der Waals surface area contributed by atoms with Crippen LogP contribution < -0.4 is 10.3 Å². The quantitative estimate of drug-likeness (QED) is 0.687. The van der Waals surface area contributed by atoms with Crippen molar-refractivity contribution in [2.24, 2.45) is 5.10 Å². The fraction of sp³-hybridized carbons (Fsp3) is 0.143. The molecule has 4 nitrogen and oxygen atoms in total. The van der Waals surface area contributed by atoms with Gasteiger partial charge in [-0.2, -0.15) is 16.4 Å². The molecule has 0 bridgehead atoms. The summed E-state index contributed by atoms with van der Waals surface area (Å²) in [6.45, 7) is 0. The summed E-state index contributed by atoms with van der Waals surface area (Å²) >= 11 is 1.59. The predicted molar refractivity (Wildman–Crippen MR) is 80.1 cm³/mol. The molecule has 0 saturated heterocycles. The second kappa shape index (κ2) is 6.15. The SMILES string of the molecule is CN(C)c1ccc(C(=O)NN=Cc2ccsc2)cc1. The van der Waals surface area contributed by atoms with Crippen LogP contribution >= 0.6 is 11.3 Å². The Labute approximate surface area is 116 Å². The summed E-state index contributed by atoms with van der Waals surface area (Å²) in [6.07, 6.45) is 1.63. The lowest BCUT2D eigenvalue weighted by atomic mass is 10.2. The van der Waals surface area contributed by atoms with Crippen molar-refractivity contribution in [2.45, 2.75) is 0 Å². The number of carbonyl (C=O) groups is 1. The molecule has 0 aliphatic carbocycles. The monoisotopic (exact) mass is 273 g/mol. The van der Waals surface area contributed by atoms with E-state index in [2.05, 4.69) is 10.5 Å². The van der Waals surface area contributed by atoms with Crippen LogP contribution in [0.3, 0.4) is 0 Å². The maximum atomic E-state index is 11.8. The smallest absolute Gasteiger partial charge is 0.271 e. The molecule has 0 aliphatic rings. The zero-order valence-corrected chi connectivity index (χ0v) is 11.6. The lowest BCUT2D eigenvalue weighted by Gasteiger charge is -2.12. The molecule has 0 spiro atoms. The molecule has 0 saturated carbocycles. The average molecular weight is 273 g/mol. The van der Waals surface area contributed by atoms with Gasteiger partial charge >= 0.3 is 0 Å². The Hall–Kier alpha value is -2.14. The Kier molecular flexibility index (Phi) is 4.30. The van der Waals surface area contributed by atoms with Gasteiger partial charge in [-0.3, -0.25) is 4.79 Å². The summed E-state index contributed by atoms with van der Waals surface area (Å²) in [5.41, 5.74) is 5.13. The van der Waals surface area contributed by atoms with Crippen LogP contribution in [-0.2, 0) is 0 Å². The molecule has 1 N–H and O–H groups in total. The summed E-state index contributed by atoms with van der Waals surface area (Å²) < 4.78 is 0. The number of hydrazone groups is 1. The van der Waals surface area contributed by atoms with Crippen molar-refractivity contribution in [1.29, 1.82) is 0 Å². The molecule has 19 heavy (non-hydrogen) atoms. The number of benzene rings is 1. The number of amides is 1. The van der Waals surface area contributed by atoms with Gasteiger partial charge in [-0.15, -0.1) is 0 Å². The highest BCUT2D eigenvalue weighted by Gasteiger charge is 2.04. The van der Waals surface area contributed by atoms with Gasteiger partial charge in [0, 0.05) is 30.9 Å². The summed E-state index contributed by atoms with van der Waals surface area (Å²) in [6, 6.07) is 9.30. The van der Waals surface area contributed by atoms with Gasteiger partial charge in [-0.05, 0) is 41.1 Å². The van der Waals surface area contributed by atoms with Crippen LogP contribution in [0.5, 0.6) is 0 Å². The Morgan fingerprint density at radius 1 is 1.26 bits per heavy atom. The van der Waals surface area contributed by atoms with Gasteiger partial charge in [-0.25, -0.2) is 5.43 Å². The molecule has 5 heteroatoms. The summed E-state index contributed by atoms with van der Waals surface area (Å²) in [5, 5.41) is 7.84. The highest BCUT2D eigenvalue weighted by molar-refractivity contribution is 7.08. The van der Waals surface area contributed by atoms with E-state index in [1.165, 1.54) is 0 Å². The predicted octanol–water partition coefficient (Wildman–Crippen LogP) is 2.58. The van der Waals surface area contributed by atoms with E-state index >= 15 is 0 Å². The normalized spacial score (nSPS) is 10.6. The van der Waals surface area contributed by atoms with Gasteiger partial charge in [-0.1, -0.05) is 0 Å². The minimum atomic E-state index is -0.211. The van der Waals surface area contributed by atoms with Crippen molar-refractivity contribution in [3.05, 3.63) is 52.2 Å². The molecule has 2 rings (SSSR count). The molecule has 98 valence electrons. The van der Waals surface area contributed by atoms with Gasteiger partial charge in [0.15, 0.2) is 0 Å². The first-order valence-corrected chi connectivity index (χ1v) is 6.74. The lowest BCUT2D eigenvalue weighted by molar-refractivity contribution is 0.0955. The van der Waals surface area contributed by atoms with E-state index in [0.717, 1.165) is 11.3 Å². The summed E-state index contributed by atoms with van der Waals surface area (Å²) in [4.78, 5) is 13.8. The molecular formula is C14H15N3OS. The van der Waals surface area contributed by atoms with Crippen LogP contribution in [0.2, 0.25) is 0 Å². The van der Waals surface area contributed by atoms with Gasteiger partial charge in [0.2, 0.25) is 0 Å². The molecule has 0 radical (unpaired) electrons. The van der Waals surface area contributed by atoms with Crippen molar-refractivity contribution in [3.8, 4) is 0 Å². The maximum Gasteiger partial charge on any atom is 0.271 e. The van der Waals surface area contributed by atoms with E-state index in [9.17, 15) is 4.79 Å². The topological polar surface area (TPSA) is 44.7 Å². The van der Waals surface area contributed by atoms with Crippen molar-refractivity contribution in [3.63, 3.8) is 0 Å². The molecule has 0 unspecified atom stereocenters. The zero-order chi connectivity index (χ0) is 13.7. The highest BCUT2D eigenvalue weighted by Crippen LogP contribution is 2.12. The van der Waals surface area contributed by atoms with Gasteiger partial charge in [0.25, 0.3) is 5.91 Å². The Balaban J connectivity index is 1.96. The number of hydrogen-bond donors (Lipinski definition) is 1. The molecule has 2 aromatic rings. The number of nitrogens with one attached hydrogen (secondary N) is 1. The van der Waals surface area contributed by atoms with Gasteiger partial charge in [0.05, 0.1) is 6.21 Å². The number of anilines is 1. The Morgan fingerprint density at radius 3 is 2.58 bits per heavy atom. The second-order valence-electron chi connectivity index (χ2n) is 4.20. The molecule has 1 aromatic heterocycles. The third-order valence-corrected chi connectivity index (χ3v) is 3.27. The summed E-state index contributed by atoms with van der Waals surface area (Å²) in [7, 11) is 3.92. The Morgan fingerprint density at radius 2 is 2.00 bits per heavy atom. The number of thiophene rings is 1. The number of nitrogens with zero attached hydrogens (tertiary/aromatic N) is 2. The molecule has 0 atom stereocenters. The molecule has 0 aliphatic heterocycles. The van der Waals surface area contributed by atoms with Crippen LogP contribution in [-0.4, -0.2) is 26.2 Å². The maximum absolute atomic E-state index is 11.8. The van der Waals surface area contributed by atoms with Crippen LogP contribution in [0.25, 0.3) is 0 Å².